The second-order valence-electron chi connectivity index (χ2n) is 5.44. The number of aryl methyl sites for hydroxylation is 1. The standard InChI is InChI=1S/C14H21N2P/c1-7-6-10-8(2)9(3)14(4,5)16-12(10)13(17)11(7)15/h6,16H,15,17H2,1-5H3. The van der Waals surface area contributed by atoms with Crippen LogP contribution >= 0.6 is 9.24 Å². The van der Waals surface area contributed by atoms with E-state index in [9.17, 15) is 0 Å². The summed E-state index contributed by atoms with van der Waals surface area (Å²) in [5, 5.41) is 4.68. The summed E-state index contributed by atoms with van der Waals surface area (Å²) in [6.45, 7) is 10.9. The van der Waals surface area contributed by atoms with Crippen LogP contribution in [0.25, 0.3) is 5.57 Å². The van der Waals surface area contributed by atoms with Crippen LogP contribution in [0.3, 0.4) is 0 Å². The van der Waals surface area contributed by atoms with E-state index in [4.69, 9.17) is 5.73 Å². The molecule has 0 spiro atoms. The molecule has 2 rings (SSSR count). The Labute approximate surface area is 106 Å². The van der Waals surface area contributed by atoms with E-state index in [0.29, 0.717) is 0 Å². The van der Waals surface area contributed by atoms with Crippen molar-refractivity contribution in [3.05, 3.63) is 22.8 Å². The van der Waals surface area contributed by atoms with Crippen LogP contribution in [-0.2, 0) is 0 Å². The third kappa shape index (κ3) is 1.75. The van der Waals surface area contributed by atoms with Gasteiger partial charge >= 0.3 is 0 Å². The molecule has 17 heavy (non-hydrogen) atoms. The molecule has 0 saturated carbocycles. The van der Waals surface area contributed by atoms with Gasteiger partial charge in [-0.15, -0.1) is 9.24 Å². The molecule has 2 nitrogen and oxygen atoms in total. The van der Waals surface area contributed by atoms with Crippen molar-refractivity contribution in [2.45, 2.75) is 40.2 Å². The van der Waals surface area contributed by atoms with Crippen molar-refractivity contribution < 1.29 is 0 Å². The van der Waals surface area contributed by atoms with E-state index in [2.05, 4.69) is 55.2 Å². The summed E-state index contributed by atoms with van der Waals surface area (Å²) in [6, 6.07) is 2.18. The van der Waals surface area contributed by atoms with Crippen molar-refractivity contribution in [2.75, 3.05) is 11.1 Å². The van der Waals surface area contributed by atoms with Crippen LogP contribution in [0.5, 0.6) is 0 Å². The summed E-state index contributed by atoms with van der Waals surface area (Å²) < 4.78 is 0. The minimum atomic E-state index is -0.00982. The fraction of sp³-hybridized carbons (Fsp3) is 0.429. The number of benzene rings is 1. The summed E-state index contributed by atoms with van der Waals surface area (Å²) in [6.07, 6.45) is 0. The van der Waals surface area contributed by atoms with Crippen molar-refractivity contribution >= 4 is 31.5 Å². The summed E-state index contributed by atoms with van der Waals surface area (Å²) >= 11 is 0. The first-order chi connectivity index (χ1) is 7.75. The molecule has 1 aromatic rings. The quantitative estimate of drug-likeness (QED) is 0.547. The van der Waals surface area contributed by atoms with Crippen LogP contribution in [-0.4, -0.2) is 5.54 Å². The smallest absolute Gasteiger partial charge is 0.0532 e. The first-order valence-corrected chi connectivity index (χ1v) is 6.48. The first-order valence-electron chi connectivity index (χ1n) is 5.90. The number of nitrogen functional groups attached to an aromatic ring is 1. The van der Waals surface area contributed by atoms with Gasteiger partial charge in [-0.25, -0.2) is 0 Å². The van der Waals surface area contributed by atoms with Crippen molar-refractivity contribution in [3.8, 4) is 0 Å². The third-order valence-electron chi connectivity index (χ3n) is 3.96. The maximum absolute atomic E-state index is 6.10. The Hall–Kier alpha value is -1.01. The van der Waals surface area contributed by atoms with Crippen molar-refractivity contribution in [1.82, 2.24) is 0 Å². The number of rotatable bonds is 0. The lowest BCUT2D eigenvalue weighted by atomic mass is 9.83. The Bertz CT molecular complexity index is 528. The number of allylic oxidation sites excluding steroid dienone is 1. The predicted octanol–water partition coefficient (Wildman–Crippen LogP) is 3.08. The molecule has 1 atom stereocenters. The van der Waals surface area contributed by atoms with Gasteiger partial charge in [-0.1, -0.05) is 0 Å². The maximum atomic E-state index is 6.10. The summed E-state index contributed by atoms with van der Waals surface area (Å²) in [5.41, 5.74) is 13.3. The van der Waals surface area contributed by atoms with Crippen LogP contribution in [0.15, 0.2) is 11.6 Å². The van der Waals surface area contributed by atoms with Gasteiger partial charge in [0.25, 0.3) is 0 Å². The van der Waals surface area contributed by atoms with E-state index in [1.54, 1.807) is 0 Å². The Morgan fingerprint density at radius 1 is 1.24 bits per heavy atom. The number of fused-ring (bicyclic) bond motifs is 1. The van der Waals surface area contributed by atoms with Gasteiger partial charge in [0.15, 0.2) is 0 Å². The van der Waals surface area contributed by atoms with Gasteiger partial charge in [-0.05, 0) is 57.4 Å². The van der Waals surface area contributed by atoms with Crippen LogP contribution in [0.4, 0.5) is 11.4 Å². The van der Waals surface area contributed by atoms with Gasteiger partial charge < -0.3 is 11.1 Å². The molecule has 0 aromatic heterocycles. The predicted molar refractivity (Wildman–Crippen MR) is 80.9 cm³/mol. The molecule has 0 fully saturated rings. The van der Waals surface area contributed by atoms with Crippen LogP contribution in [0.2, 0.25) is 0 Å². The van der Waals surface area contributed by atoms with Gasteiger partial charge in [-0.2, -0.15) is 0 Å². The second-order valence-corrected chi connectivity index (χ2v) is 6.02. The van der Waals surface area contributed by atoms with E-state index in [1.807, 2.05) is 0 Å². The van der Waals surface area contributed by atoms with Gasteiger partial charge in [0, 0.05) is 16.6 Å². The zero-order valence-electron chi connectivity index (χ0n) is 11.2. The lowest BCUT2D eigenvalue weighted by Crippen LogP contribution is -2.37. The highest BCUT2D eigenvalue weighted by Gasteiger charge is 2.29. The maximum Gasteiger partial charge on any atom is 0.0532 e. The molecule has 0 bridgehead atoms. The molecule has 1 heterocycles. The third-order valence-corrected chi connectivity index (χ3v) is 4.56. The number of hydrogen-bond donors (Lipinski definition) is 2. The molecule has 92 valence electrons. The van der Waals surface area contributed by atoms with Gasteiger partial charge in [0.1, 0.15) is 0 Å². The first kappa shape index (κ1) is 12.4. The fourth-order valence-electron chi connectivity index (χ4n) is 2.37. The molecule has 1 aliphatic heterocycles. The minimum Gasteiger partial charge on any atom is -0.398 e. The number of nitrogens with two attached hydrogens (primary N) is 1. The van der Waals surface area contributed by atoms with Crippen molar-refractivity contribution in [3.63, 3.8) is 0 Å². The van der Waals surface area contributed by atoms with Crippen LogP contribution < -0.4 is 16.4 Å². The molecule has 0 aliphatic carbocycles. The lowest BCUT2D eigenvalue weighted by Gasteiger charge is -2.37. The normalized spacial score (nSPS) is 17.8. The summed E-state index contributed by atoms with van der Waals surface area (Å²) in [7, 11) is 2.77. The van der Waals surface area contributed by atoms with Gasteiger partial charge in [-0.3, -0.25) is 0 Å². The van der Waals surface area contributed by atoms with Crippen molar-refractivity contribution in [2.24, 2.45) is 0 Å². The second kappa shape index (κ2) is 3.74. The molecular weight excluding hydrogens is 227 g/mol. The fourth-order valence-corrected chi connectivity index (χ4v) is 2.82. The largest absolute Gasteiger partial charge is 0.398 e. The zero-order chi connectivity index (χ0) is 13.0. The molecule has 1 aromatic carbocycles. The molecule has 1 unspecified atom stereocenters. The molecule has 3 N–H and O–H groups in total. The van der Waals surface area contributed by atoms with E-state index < -0.39 is 0 Å². The van der Waals surface area contributed by atoms with E-state index in [-0.39, 0.29) is 5.54 Å². The molecule has 0 radical (unpaired) electrons. The molecule has 0 saturated heterocycles. The molecular formula is C14H21N2P. The molecule has 3 heteroatoms. The van der Waals surface area contributed by atoms with E-state index in [0.717, 1.165) is 22.2 Å². The number of anilines is 2. The minimum absolute atomic E-state index is 0.00982. The Morgan fingerprint density at radius 2 is 1.82 bits per heavy atom. The lowest BCUT2D eigenvalue weighted by molar-refractivity contribution is 0.661. The zero-order valence-corrected chi connectivity index (χ0v) is 12.4. The van der Waals surface area contributed by atoms with Crippen molar-refractivity contribution in [1.29, 1.82) is 0 Å². The monoisotopic (exact) mass is 248 g/mol. The average molecular weight is 248 g/mol. The van der Waals surface area contributed by atoms with E-state index in [1.165, 1.54) is 16.7 Å². The van der Waals surface area contributed by atoms with Gasteiger partial charge in [0.2, 0.25) is 0 Å². The summed E-state index contributed by atoms with van der Waals surface area (Å²) in [5.74, 6) is 0. The topological polar surface area (TPSA) is 38.0 Å². The van der Waals surface area contributed by atoms with Crippen LogP contribution in [0, 0.1) is 6.92 Å². The highest BCUT2D eigenvalue weighted by Crippen LogP contribution is 2.39. The molecule has 1 aliphatic rings. The van der Waals surface area contributed by atoms with E-state index >= 15 is 0 Å². The highest BCUT2D eigenvalue weighted by molar-refractivity contribution is 7.28. The van der Waals surface area contributed by atoms with Crippen LogP contribution in [0.1, 0.15) is 38.8 Å². The summed E-state index contributed by atoms with van der Waals surface area (Å²) in [4.78, 5) is 0. The number of nitrogens with one attached hydrogen (secondary N) is 1. The average Bonchev–Trinajstić information content (AvgIpc) is 2.26. The Balaban J connectivity index is 2.78. The Kier molecular flexibility index (Phi) is 2.74. The molecule has 0 amide bonds. The SMILES string of the molecule is CC1=C(C)C(C)(C)Nc2c1cc(C)c(N)c2P. The Morgan fingerprint density at radius 3 is 2.41 bits per heavy atom. The number of hydrogen-bond acceptors (Lipinski definition) is 2. The van der Waals surface area contributed by atoms with Gasteiger partial charge in [0.05, 0.1) is 11.2 Å². The highest BCUT2D eigenvalue weighted by atomic mass is 31.0.